The van der Waals surface area contributed by atoms with E-state index >= 15 is 0 Å². The fraction of sp³-hybridized carbons (Fsp3) is 0.955. The van der Waals surface area contributed by atoms with Crippen LogP contribution in [-0.4, -0.2) is 40.4 Å². The molecule has 2 fully saturated rings. The summed E-state index contributed by atoms with van der Waals surface area (Å²) in [6.07, 6.45) is 11.1. The van der Waals surface area contributed by atoms with Crippen molar-refractivity contribution in [2.24, 2.45) is 11.8 Å². The van der Waals surface area contributed by atoms with Crippen molar-refractivity contribution in [2.75, 3.05) is 13.1 Å². The van der Waals surface area contributed by atoms with Gasteiger partial charge >= 0.3 is 6.09 Å². The Bertz CT molecular complexity index is 395. The number of hydrogen-bond donors (Lipinski definition) is 1. The molecule has 1 amide bonds. The molecule has 26 heavy (non-hydrogen) atoms. The van der Waals surface area contributed by atoms with Crippen LogP contribution in [0.1, 0.15) is 99.3 Å². The van der Waals surface area contributed by atoms with Crippen LogP contribution in [0, 0.1) is 11.8 Å². The smallest absolute Gasteiger partial charge is 0.410 e. The van der Waals surface area contributed by atoms with Crippen LogP contribution in [-0.2, 0) is 4.74 Å². The van der Waals surface area contributed by atoms with E-state index in [9.17, 15) is 9.90 Å². The molecule has 4 nitrogen and oxygen atoms in total. The normalized spacial score (nSPS) is 20.3. The highest BCUT2D eigenvalue weighted by molar-refractivity contribution is 5.68. The number of carbonyl (C=O) groups is 1. The number of carbonyl (C=O) groups excluding carboxylic acids is 1. The van der Waals surface area contributed by atoms with Gasteiger partial charge < -0.3 is 14.7 Å². The molecule has 1 saturated heterocycles. The molecule has 0 radical (unpaired) electrons. The zero-order valence-corrected chi connectivity index (χ0v) is 18.1. The number of nitrogens with zero attached hydrogens (tertiary/aromatic N) is 1. The van der Waals surface area contributed by atoms with E-state index < -0.39 is 11.2 Å². The van der Waals surface area contributed by atoms with Gasteiger partial charge in [-0.05, 0) is 72.1 Å². The zero-order valence-electron chi connectivity index (χ0n) is 18.1. The summed E-state index contributed by atoms with van der Waals surface area (Å²) >= 11 is 0. The Balaban J connectivity index is 0.000000401. The molecule has 1 aliphatic carbocycles. The summed E-state index contributed by atoms with van der Waals surface area (Å²) in [5.74, 6) is 1.65. The van der Waals surface area contributed by atoms with Crippen molar-refractivity contribution < 1.29 is 14.6 Å². The standard InChI is InChI=1S/C15H29NO3.C7H14/c1-14(2,3)19-13(17)16-10-7-12(8-11-16)6-9-15(4,5)18;1-7-5-3-2-4-6-7/h12,18H,6-11H2,1-5H3;7H,2-6H2,1H3. The summed E-state index contributed by atoms with van der Waals surface area (Å²) in [6.45, 7) is 13.3. The molecule has 0 atom stereocenters. The molecule has 2 aliphatic rings. The third kappa shape index (κ3) is 11.1. The second-order valence-electron chi connectivity index (χ2n) is 10.0. The van der Waals surface area contributed by atoms with Gasteiger partial charge in [-0.25, -0.2) is 4.79 Å². The number of rotatable bonds is 3. The average Bonchev–Trinajstić information content (AvgIpc) is 2.52. The predicted octanol–water partition coefficient (Wildman–Crippen LogP) is 5.77. The molecule has 4 heteroatoms. The van der Waals surface area contributed by atoms with Gasteiger partial charge in [-0.1, -0.05) is 39.0 Å². The Kier molecular flexibility index (Phi) is 9.43. The third-order valence-electron chi connectivity index (χ3n) is 5.32. The first-order valence-corrected chi connectivity index (χ1v) is 10.7. The van der Waals surface area contributed by atoms with E-state index in [2.05, 4.69) is 6.92 Å². The molecule has 1 aliphatic heterocycles. The SMILES string of the molecule is CC(C)(O)CCC1CCN(C(=O)OC(C)(C)C)CC1.CC1CCCCC1. The van der Waals surface area contributed by atoms with Gasteiger partial charge in [-0.2, -0.15) is 0 Å². The highest BCUT2D eigenvalue weighted by Crippen LogP contribution is 2.26. The summed E-state index contributed by atoms with van der Waals surface area (Å²) in [6, 6.07) is 0. The molecule has 1 saturated carbocycles. The minimum Gasteiger partial charge on any atom is -0.444 e. The Morgan fingerprint density at radius 2 is 1.54 bits per heavy atom. The Morgan fingerprint density at radius 1 is 1.00 bits per heavy atom. The van der Waals surface area contributed by atoms with Gasteiger partial charge in [0.2, 0.25) is 0 Å². The van der Waals surface area contributed by atoms with Crippen molar-refractivity contribution in [3.05, 3.63) is 0 Å². The molecular weight excluding hydrogens is 326 g/mol. The van der Waals surface area contributed by atoms with Crippen LogP contribution in [0.15, 0.2) is 0 Å². The van der Waals surface area contributed by atoms with Gasteiger partial charge in [0, 0.05) is 13.1 Å². The maximum absolute atomic E-state index is 11.9. The number of piperidine rings is 1. The van der Waals surface area contributed by atoms with E-state index in [1.165, 1.54) is 32.1 Å². The second-order valence-corrected chi connectivity index (χ2v) is 10.0. The van der Waals surface area contributed by atoms with Crippen LogP contribution in [0.5, 0.6) is 0 Å². The maximum atomic E-state index is 11.9. The first kappa shape index (κ1) is 23.3. The summed E-state index contributed by atoms with van der Waals surface area (Å²) in [4.78, 5) is 13.7. The summed E-state index contributed by atoms with van der Waals surface area (Å²) in [5.41, 5.74) is -1.00. The minimum absolute atomic E-state index is 0.201. The van der Waals surface area contributed by atoms with Gasteiger partial charge in [-0.15, -0.1) is 0 Å². The maximum Gasteiger partial charge on any atom is 0.410 e. The number of ether oxygens (including phenoxy) is 1. The van der Waals surface area contributed by atoms with E-state index in [1.807, 2.05) is 34.6 Å². The molecule has 2 rings (SSSR count). The van der Waals surface area contributed by atoms with Gasteiger partial charge in [0.25, 0.3) is 0 Å². The van der Waals surface area contributed by atoms with E-state index in [0.717, 1.165) is 44.7 Å². The van der Waals surface area contributed by atoms with E-state index in [-0.39, 0.29) is 6.09 Å². The van der Waals surface area contributed by atoms with Crippen LogP contribution in [0.3, 0.4) is 0 Å². The lowest BCUT2D eigenvalue weighted by atomic mass is 9.88. The van der Waals surface area contributed by atoms with Gasteiger partial charge in [0.05, 0.1) is 5.60 Å². The van der Waals surface area contributed by atoms with Crippen LogP contribution in [0.25, 0.3) is 0 Å². The van der Waals surface area contributed by atoms with E-state index in [4.69, 9.17) is 4.74 Å². The summed E-state index contributed by atoms with van der Waals surface area (Å²) < 4.78 is 5.37. The number of amides is 1. The van der Waals surface area contributed by atoms with Crippen LogP contribution in [0.4, 0.5) is 4.79 Å². The highest BCUT2D eigenvalue weighted by Gasteiger charge is 2.27. The molecule has 154 valence electrons. The van der Waals surface area contributed by atoms with Crippen molar-refractivity contribution in [1.29, 1.82) is 0 Å². The van der Waals surface area contributed by atoms with E-state index in [0.29, 0.717) is 5.92 Å². The molecule has 0 bridgehead atoms. The highest BCUT2D eigenvalue weighted by atomic mass is 16.6. The fourth-order valence-corrected chi connectivity index (χ4v) is 3.59. The number of hydrogen-bond acceptors (Lipinski definition) is 3. The summed E-state index contributed by atoms with van der Waals surface area (Å²) in [5, 5.41) is 9.73. The molecule has 1 heterocycles. The van der Waals surface area contributed by atoms with Crippen molar-refractivity contribution >= 4 is 6.09 Å². The van der Waals surface area contributed by atoms with Crippen LogP contribution >= 0.6 is 0 Å². The molecule has 0 unspecified atom stereocenters. The second kappa shape index (κ2) is 10.5. The van der Waals surface area contributed by atoms with E-state index in [1.54, 1.807) is 4.90 Å². The Labute approximate surface area is 161 Å². The fourth-order valence-electron chi connectivity index (χ4n) is 3.59. The predicted molar refractivity (Wildman–Crippen MR) is 108 cm³/mol. The van der Waals surface area contributed by atoms with Crippen LogP contribution in [0.2, 0.25) is 0 Å². The largest absolute Gasteiger partial charge is 0.444 e. The number of likely N-dealkylation sites (tertiary alicyclic amines) is 1. The van der Waals surface area contributed by atoms with Crippen molar-refractivity contribution in [3.63, 3.8) is 0 Å². The van der Waals surface area contributed by atoms with Crippen molar-refractivity contribution in [1.82, 2.24) is 4.90 Å². The van der Waals surface area contributed by atoms with Crippen molar-refractivity contribution in [3.8, 4) is 0 Å². The Hall–Kier alpha value is -0.770. The van der Waals surface area contributed by atoms with Crippen molar-refractivity contribution in [2.45, 2.75) is 111 Å². The summed E-state index contributed by atoms with van der Waals surface area (Å²) in [7, 11) is 0. The molecule has 0 aromatic heterocycles. The van der Waals surface area contributed by atoms with Gasteiger partial charge in [0.1, 0.15) is 5.60 Å². The lowest BCUT2D eigenvalue weighted by molar-refractivity contribution is 0.0156. The Morgan fingerprint density at radius 3 is 1.92 bits per heavy atom. The monoisotopic (exact) mass is 369 g/mol. The quantitative estimate of drug-likeness (QED) is 0.687. The molecule has 1 N–H and O–H groups in total. The molecule has 0 spiro atoms. The lowest BCUT2D eigenvalue weighted by Crippen LogP contribution is -2.41. The van der Waals surface area contributed by atoms with Gasteiger partial charge in [-0.3, -0.25) is 0 Å². The third-order valence-corrected chi connectivity index (χ3v) is 5.32. The van der Waals surface area contributed by atoms with Gasteiger partial charge in [0.15, 0.2) is 0 Å². The number of aliphatic hydroxyl groups is 1. The molecular formula is C22H43NO3. The average molecular weight is 370 g/mol. The first-order chi connectivity index (χ1) is 12.0. The zero-order chi connectivity index (χ0) is 19.8. The molecule has 0 aromatic carbocycles. The molecule has 0 aromatic rings. The topological polar surface area (TPSA) is 49.8 Å². The van der Waals surface area contributed by atoms with Crippen LogP contribution < -0.4 is 0 Å². The minimum atomic E-state index is -0.581. The first-order valence-electron chi connectivity index (χ1n) is 10.7. The lowest BCUT2D eigenvalue weighted by Gasteiger charge is -2.34.